The molecular weight excluding hydrogens is 252 g/mol. The van der Waals surface area contributed by atoms with Crippen LogP contribution in [0.25, 0.3) is 16.9 Å². The van der Waals surface area contributed by atoms with E-state index in [0.717, 1.165) is 5.56 Å². The average Bonchev–Trinajstić information content (AvgIpc) is 2.94. The van der Waals surface area contributed by atoms with Crippen molar-refractivity contribution in [1.29, 1.82) is 0 Å². The third-order valence-electron chi connectivity index (χ3n) is 3.44. The molecule has 0 saturated carbocycles. The van der Waals surface area contributed by atoms with Gasteiger partial charge in [0.2, 0.25) is 0 Å². The summed E-state index contributed by atoms with van der Waals surface area (Å²) in [5.41, 5.74) is 7.42. The van der Waals surface area contributed by atoms with Crippen LogP contribution in [0.15, 0.2) is 48.8 Å². The first kappa shape index (κ1) is 12.8. The minimum atomic E-state index is -1.42. The first-order valence-corrected chi connectivity index (χ1v) is 6.53. The maximum Gasteiger partial charge on any atom is 0.153 e. The van der Waals surface area contributed by atoms with Gasteiger partial charge in [0.25, 0.3) is 0 Å². The molecule has 102 valence electrons. The van der Waals surface area contributed by atoms with Gasteiger partial charge in [0, 0.05) is 23.5 Å². The van der Waals surface area contributed by atoms with Crippen molar-refractivity contribution in [1.82, 2.24) is 14.6 Å². The van der Waals surface area contributed by atoms with Crippen LogP contribution in [0.1, 0.15) is 18.9 Å². The van der Waals surface area contributed by atoms with Crippen molar-refractivity contribution in [2.24, 2.45) is 5.73 Å². The number of aliphatic hydroxyl groups is 1. The minimum Gasteiger partial charge on any atom is -0.372 e. The maximum absolute atomic E-state index is 10.4. The molecule has 0 aliphatic rings. The lowest BCUT2D eigenvalue weighted by atomic mass is 9.96. The summed E-state index contributed by atoms with van der Waals surface area (Å²) in [7, 11) is 0. The number of aromatic nitrogens is 3. The zero-order chi connectivity index (χ0) is 14.2. The molecule has 0 radical (unpaired) electrons. The Morgan fingerprint density at radius 1 is 1.30 bits per heavy atom. The molecule has 0 fully saturated rings. The second-order valence-electron chi connectivity index (χ2n) is 4.78. The Labute approximate surface area is 116 Å². The molecule has 0 bridgehead atoms. The Morgan fingerprint density at radius 2 is 2.05 bits per heavy atom. The number of benzene rings is 1. The molecule has 1 aromatic carbocycles. The monoisotopic (exact) mass is 268 g/mol. The van der Waals surface area contributed by atoms with Crippen molar-refractivity contribution in [3.63, 3.8) is 0 Å². The van der Waals surface area contributed by atoms with E-state index in [9.17, 15) is 5.11 Å². The molecule has 20 heavy (non-hydrogen) atoms. The van der Waals surface area contributed by atoms with Gasteiger partial charge in [0.1, 0.15) is 5.72 Å². The molecule has 3 rings (SSSR count). The second kappa shape index (κ2) is 4.70. The molecule has 0 unspecified atom stereocenters. The Bertz CT molecular complexity index is 734. The highest BCUT2D eigenvalue weighted by Crippen LogP contribution is 2.29. The van der Waals surface area contributed by atoms with Crippen LogP contribution in [0.4, 0.5) is 0 Å². The summed E-state index contributed by atoms with van der Waals surface area (Å²) in [6.07, 6.45) is 3.83. The molecule has 5 nitrogen and oxygen atoms in total. The van der Waals surface area contributed by atoms with E-state index in [1.165, 1.54) is 0 Å². The molecule has 0 spiro atoms. The maximum atomic E-state index is 10.4. The van der Waals surface area contributed by atoms with Crippen molar-refractivity contribution < 1.29 is 5.11 Å². The average molecular weight is 268 g/mol. The molecule has 0 aliphatic heterocycles. The van der Waals surface area contributed by atoms with Gasteiger partial charge in [-0.05, 0) is 12.5 Å². The summed E-state index contributed by atoms with van der Waals surface area (Å²) >= 11 is 0. The number of hydrogen-bond donors (Lipinski definition) is 2. The molecule has 3 aromatic rings. The van der Waals surface area contributed by atoms with Gasteiger partial charge in [-0.15, -0.1) is 0 Å². The van der Waals surface area contributed by atoms with Crippen LogP contribution in [0.2, 0.25) is 0 Å². The largest absolute Gasteiger partial charge is 0.372 e. The van der Waals surface area contributed by atoms with Crippen LogP contribution in [0, 0.1) is 0 Å². The van der Waals surface area contributed by atoms with E-state index in [4.69, 9.17) is 5.73 Å². The van der Waals surface area contributed by atoms with Gasteiger partial charge in [0.15, 0.2) is 5.65 Å². The van der Waals surface area contributed by atoms with Crippen molar-refractivity contribution in [3.05, 3.63) is 54.4 Å². The van der Waals surface area contributed by atoms with E-state index in [1.807, 2.05) is 37.3 Å². The molecule has 5 heteroatoms. The quantitative estimate of drug-likeness (QED) is 0.711. The lowest BCUT2D eigenvalue weighted by molar-refractivity contribution is 0.0397. The molecule has 0 saturated heterocycles. The van der Waals surface area contributed by atoms with Gasteiger partial charge in [-0.25, -0.2) is 9.50 Å². The molecule has 2 aromatic heterocycles. The van der Waals surface area contributed by atoms with Crippen LogP contribution in [0.5, 0.6) is 0 Å². The number of rotatable bonds is 3. The van der Waals surface area contributed by atoms with Crippen LogP contribution >= 0.6 is 0 Å². The van der Waals surface area contributed by atoms with Crippen LogP contribution in [-0.2, 0) is 5.72 Å². The number of nitrogens with zero attached hydrogens (tertiary/aromatic N) is 3. The molecule has 2 heterocycles. The molecule has 0 amide bonds. The predicted molar refractivity (Wildman–Crippen MR) is 76.8 cm³/mol. The van der Waals surface area contributed by atoms with Crippen LogP contribution in [0.3, 0.4) is 0 Å². The van der Waals surface area contributed by atoms with Gasteiger partial charge < -0.3 is 5.11 Å². The van der Waals surface area contributed by atoms with Crippen molar-refractivity contribution in [2.45, 2.75) is 19.1 Å². The normalized spacial score (nSPS) is 14.3. The first-order chi connectivity index (χ1) is 9.62. The summed E-state index contributed by atoms with van der Waals surface area (Å²) in [5.74, 6) is 0. The van der Waals surface area contributed by atoms with Crippen LogP contribution < -0.4 is 5.73 Å². The SMILES string of the molecule is CC[C@](N)(O)c1cc2nccn2nc1-c1ccccc1. The fourth-order valence-corrected chi connectivity index (χ4v) is 2.19. The van der Waals surface area contributed by atoms with Crippen LogP contribution in [-0.4, -0.2) is 19.7 Å². The zero-order valence-electron chi connectivity index (χ0n) is 11.2. The number of imidazole rings is 1. The highest BCUT2D eigenvalue weighted by atomic mass is 16.3. The van der Waals surface area contributed by atoms with Crippen molar-refractivity contribution in [2.75, 3.05) is 0 Å². The third kappa shape index (κ3) is 2.07. The van der Waals surface area contributed by atoms with E-state index < -0.39 is 5.72 Å². The van der Waals surface area contributed by atoms with Gasteiger partial charge in [-0.3, -0.25) is 5.73 Å². The first-order valence-electron chi connectivity index (χ1n) is 6.53. The minimum absolute atomic E-state index is 0.394. The fourth-order valence-electron chi connectivity index (χ4n) is 2.19. The van der Waals surface area contributed by atoms with Crippen molar-refractivity contribution >= 4 is 5.65 Å². The second-order valence-corrected chi connectivity index (χ2v) is 4.78. The Kier molecular flexibility index (Phi) is 3.00. The van der Waals surface area contributed by atoms with Gasteiger partial charge in [-0.1, -0.05) is 37.3 Å². The predicted octanol–water partition coefficient (Wildman–Crippen LogP) is 1.91. The lowest BCUT2D eigenvalue weighted by Gasteiger charge is -2.24. The van der Waals surface area contributed by atoms with Gasteiger partial charge in [-0.2, -0.15) is 5.10 Å². The summed E-state index contributed by atoms with van der Waals surface area (Å²) in [6.45, 7) is 1.84. The Balaban J connectivity index is 2.30. The number of nitrogens with two attached hydrogens (primary N) is 1. The summed E-state index contributed by atoms with van der Waals surface area (Å²) in [4.78, 5) is 4.20. The van der Waals surface area contributed by atoms with E-state index in [0.29, 0.717) is 23.3 Å². The fraction of sp³-hybridized carbons (Fsp3) is 0.200. The third-order valence-corrected chi connectivity index (χ3v) is 3.44. The standard InChI is InChI=1S/C15H16N4O/c1-2-15(16,20)12-10-13-17-8-9-19(13)18-14(12)11-6-4-3-5-7-11/h3-10,20H,2,16H2,1H3/t15-/m0/s1. The van der Waals surface area contributed by atoms with E-state index in [-0.39, 0.29) is 0 Å². The molecule has 0 aliphatic carbocycles. The highest BCUT2D eigenvalue weighted by molar-refractivity contribution is 5.66. The molecular formula is C15H16N4O. The summed E-state index contributed by atoms with van der Waals surface area (Å²) < 4.78 is 1.68. The topological polar surface area (TPSA) is 76.4 Å². The molecule has 1 atom stereocenters. The van der Waals surface area contributed by atoms with Gasteiger partial charge >= 0.3 is 0 Å². The van der Waals surface area contributed by atoms with E-state index >= 15 is 0 Å². The Morgan fingerprint density at radius 3 is 2.75 bits per heavy atom. The van der Waals surface area contributed by atoms with Gasteiger partial charge in [0.05, 0.1) is 5.69 Å². The summed E-state index contributed by atoms with van der Waals surface area (Å²) in [5, 5.41) is 15.0. The number of hydrogen-bond acceptors (Lipinski definition) is 4. The lowest BCUT2D eigenvalue weighted by Crippen LogP contribution is -2.36. The number of fused-ring (bicyclic) bond motifs is 1. The summed E-state index contributed by atoms with van der Waals surface area (Å²) in [6, 6.07) is 11.5. The van der Waals surface area contributed by atoms with Crippen molar-refractivity contribution in [3.8, 4) is 11.3 Å². The smallest absolute Gasteiger partial charge is 0.153 e. The van der Waals surface area contributed by atoms with E-state index in [2.05, 4.69) is 10.1 Å². The molecule has 3 N–H and O–H groups in total. The highest BCUT2D eigenvalue weighted by Gasteiger charge is 2.27. The zero-order valence-corrected chi connectivity index (χ0v) is 11.2. The Hall–Kier alpha value is -2.24. The van der Waals surface area contributed by atoms with E-state index in [1.54, 1.807) is 23.0 Å².